The van der Waals surface area contributed by atoms with Crippen molar-refractivity contribution in [3.63, 3.8) is 0 Å². The lowest BCUT2D eigenvalue weighted by Gasteiger charge is -2.14. The number of hydrogen-bond acceptors (Lipinski definition) is 2. The first-order valence-corrected chi connectivity index (χ1v) is 7.50. The highest BCUT2D eigenvalue weighted by molar-refractivity contribution is 5.92. The van der Waals surface area contributed by atoms with Gasteiger partial charge >= 0.3 is 6.18 Å². The highest BCUT2D eigenvalue weighted by atomic mass is 19.4. The molecule has 0 bridgehead atoms. The number of halogens is 3. The van der Waals surface area contributed by atoms with Crippen molar-refractivity contribution in [2.45, 2.75) is 19.6 Å². The molecule has 0 saturated carbocycles. The third kappa shape index (κ3) is 2.95. The molecule has 5 heteroatoms. The number of nitrogens with two attached hydrogens (primary N) is 2. The first-order chi connectivity index (χ1) is 11.3. The first-order valence-electron chi connectivity index (χ1n) is 7.50. The van der Waals surface area contributed by atoms with Crippen LogP contribution in [-0.2, 0) is 12.7 Å². The van der Waals surface area contributed by atoms with E-state index in [-0.39, 0.29) is 12.1 Å². The Morgan fingerprint density at radius 1 is 0.917 bits per heavy atom. The minimum absolute atomic E-state index is 0.0869. The molecule has 0 amide bonds. The summed E-state index contributed by atoms with van der Waals surface area (Å²) < 4.78 is 39.0. The number of benzene rings is 3. The Bertz CT molecular complexity index is 914. The summed E-state index contributed by atoms with van der Waals surface area (Å²) in [5.74, 6) is 0. The number of rotatable bonds is 2. The summed E-state index contributed by atoms with van der Waals surface area (Å²) in [7, 11) is 0. The van der Waals surface area contributed by atoms with Crippen molar-refractivity contribution in [1.29, 1.82) is 0 Å². The fourth-order valence-corrected chi connectivity index (χ4v) is 2.99. The summed E-state index contributed by atoms with van der Waals surface area (Å²) in [6.45, 7) is 1.81. The summed E-state index contributed by atoms with van der Waals surface area (Å²) in [6, 6.07) is 13.6. The molecule has 0 unspecified atom stereocenters. The molecule has 0 aromatic heterocycles. The third-order valence-corrected chi connectivity index (χ3v) is 4.15. The van der Waals surface area contributed by atoms with Crippen LogP contribution in [0.1, 0.15) is 16.7 Å². The number of nitrogen functional groups attached to an aromatic ring is 1. The van der Waals surface area contributed by atoms with Crippen LogP contribution in [-0.4, -0.2) is 0 Å². The first kappa shape index (κ1) is 16.3. The highest BCUT2D eigenvalue weighted by Gasteiger charge is 2.32. The lowest BCUT2D eigenvalue weighted by atomic mass is 9.95. The van der Waals surface area contributed by atoms with Crippen LogP contribution in [0.3, 0.4) is 0 Å². The van der Waals surface area contributed by atoms with Gasteiger partial charge in [0.05, 0.1) is 5.56 Å². The Kier molecular flexibility index (Phi) is 3.97. The Morgan fingerprint density at radius 2 is 1.58 bits per heavy atom. The van der Waals surface area contributed by atoms with Gasteiger partial charge in [0, 0.05) is 12.2 Å². The molecule has 0 saturated heterocycles. The minimum Gasteiger partial charge on any atom is -0.399 e. The smallest absolute Gasteiger partial charge is 0.399 e. The molecule has 0 spiro atoms. The van der Waals surface area contributed by atoms with Gasteiger partial charge in [-0.3, -0.25) is 0 Å². The molecule has 2 nitrogen and oxygen atoms in total. The number of anilines is 1. The van der Waals surface area contributed by atoms with E-state index in [2.05, 4.69) is 0 Å². The fourth-order valence-electron chi connectivity index (χ4n) is 2.99. The fraction of sp³-hybridized carbons (Fsp3) is 0.158. The molecule has 0 radical (unpaired) electrons. The molecule has 0 atom stereocenters. The average molecular weight is 330 g/mol. The zero-order chi connectivity index (χ0) is 17.5. The normalized spacial score (nSPS) is 11.9. The molecule has 0 aliphatic rings. The second-order valence-electron chi connectivity index (χ2n) is 5.85. The van der Waals surface area contributed by atoms with Gasteiger partial charge in [0.15, 0.2) is 0 Å². The van der Waals surface area contributed by atoms with Crippen molar-refractivity contribution >= 4 is 16.5 Å². The van der Waals surface area contributed by atoms with Crippen molar-refractivity contribution in [2.75, 3.05) is 5.73 Å². The molecule has 0 heterocycles. The van der Waals surface area contributed by atoms with Gasteiger partial charge in [0.1, 0.15) is 0 Å². The second-order valence-corrected chi connectivity index (χ2v) is 5.85. The Hall–Kier alpha value is -2.53. The van der Waals surface area contributed by atoms with E-state index >= 15 is 0 Å². The van der Waals surface area contributed by atoms with Crippen molar-refractivity contribution in [3.8, 4) is 11.1 Å². The topological polar surface area (TPSA) is 52.0 Å². The molecule has 3 aromatic carbocycles. The molecule has 3 aromatic rings. The quantitative estimate of drug-likeness (QED) is 0.658. The van der Waals surface area contributed by atoms with Crippen LogP contribution in [0.4, 0.5) is 18.9 Å². The van der Waals surface area contributed by atoms with Crippen LogP contribution in [0.15, 0.2) is 48.5 Å². The molecule has 124 valence electrons. The average Bonchev–Trinajstić information content (AvgIpc) is 2.52. The van der Waals surface area contributed by atoms with E-state index in [1.807, 2.05) is 37.3 Å². The maximum absolute atomic E-state index is 13.0. The number of hydrogen-bond donors (Lipinski definition) is 2. The van der Waals surface area contributed by atoms with Gasteiger partial charge in [-0.2, -0.15) is 13.2 Å². The summed E-state index contributed by atoms with van der Waals surface area (Å²) in [6.07, 6.45) is -4.40. The summed E-state index contributed by atoms with van der Waals surface area (Å²) >= 11 is 0. The van der Waals surface area contributed by atoms with Gasteiger partial charge in [-0.1, -0.05) is 18.2 Å². The summed E-state index contributed by atoms with van der Waals surface area (Å²) in [4.78, 5) is 0. The number of aryl methyl sites for hydroxylation is 1. The molecule has 0 aliphatic heterocycles. The van der Waals surface area contributed by atoms with E-state index in [4.69, 9.17) is 11.5 Å². The van der Waals surface area contributed by atoms with Crippen molar-refractivity contribution < 1.29 is 13.2 Å². The van der Waals surface area contributed by atoms with E-state index in [0.717, 1.165) is 28.0 Å². The maximum Gasteiger partial charge on any atom is 0.416 e. The second kappa shape index (κ2) is 5.83. The number of alkyl halides is 3. The zero-order valence-electron chi connectivity index (χ0n) is 13.1. The van der Waals surface area contributed by atoms with Crippen molar-refractivity contribution in [2.24, 2.45) is 5.73 Å². The van der Waals surface area contributed by atoms with E-state index in [1.165, 1.54) is 12.1 Å². The molecule has 4 N–H and O–H groups in total. The molecule has 0 aliphatic carbocycles. The van der Waals surface area contributed by atoms with E-state index in [1.54, 1.807) is 0 Å². The van der Waals surface area contributed by atoms with Crippen LogP contribution in [0.5, 0.6) is 0 Å². The maximum atomic E-state index is 13.0. The SMILES string of the molecule is Cc1cc(N)cc2cc(-c3ccc(C(F)(F)F)c(CN)c3)ccc12. The van der Waals surface area contributed by atoms with Crippen LogP contribution in [0.2, 0.25) is 0 Å². The molecule has 3 rings (SSSR count). The molecular formula is C19H17F3N2. The van der Waals surface area contributed by atoms with E-state index < -0.39 is 11.7 Å². The van der Waals surface area contributed by atoms with Crippen LogP contribution < -0.4 is 11.5 Å². The standard InChI is InChI=1S/C19H17F3N2/c1-11-6-16(24)9-14-7-12(2-4-17(11)14)13-3-5-18(19(20,21)22)15(8-13)10-23/h2-9H,10,23-24H2,1H3. The Balaban J connectivity index is 2.14. The third-order valence-electron chi connectivity index (χ3n) is 4.15. The van der Waals surface area contributed by atoms with E-state index in [0.29, 0.717) is 11.3 Å². The largest absolute Gasteiger partial charge is 0.416 e. The lowest BCUT2D eigenvalue weighted by Crippen LogP contribution is -2.11. The van der Waals surface area contributed by atoms with Crippen LogP contribution in [0, 0.1) is 6.92 Å². The van der Waals surface area contributed by atoms with Gasteiger partial charge in [0.25, 0.3) is 0 Å². The van der Waals surface area contributed by atoms with Crippen LogP contribution >= 0.6 is 0 Å². The molecule has 24 heavy (non-hydrogen) atoms. The molecule has 0 fully saturated rings. The monoisotopic (exact) mass is 330 g/mol. The Labute approximate surface area is 137 Å². The zero-order valence-corrected chi connectivity index (χ0v) is 13.1. The predicted molar refractivity (Wildman–Crippen MR) is 91.4 cm³/mol. The summed E-state index contributed by atoms with van der Waals surface area (Å²) in [5.41, 5.74) is 14.0. The van der Waals surface area contributed by atoms with Gasteiger partial charge in [-0.15, -0.1) is 0 Å². The van der Waals surface area contributed by atoms with Gasteiger partial charge in [-0.25, -0.2) is 0 Å². The summed E-state index contributed by atoms with van der Waals surface area (Å²) in [5, 5.41) is 2.03. The van der Waals surface area contributed by atoms with Gasteiger partial charge in [0.2, 0.25) is 0 Å². The van der Waals surface area contributed by atoms with Gasteiger partial charge in [-0.05, 0) is 70.3 Å². The Morgan fingerprint density at radius 3 is 2.25 bits per heavy atom. The number of fused-ring (bicyclic) bond motifs is 1. The van der Waals surface area contributed by atoms with Gasteiger partial charge < -0.3 is 11.5 Å². The molecular weight excluding hydrogens is 313 g/mol. The highest BCUT2D eigenvalue weighted by Crippen LogP contribution is 2.35. The predicted octanol–water partition coefficient (Wildman–Crippen LogP) is 4.87. The van der Waals surface area contributed by atoms with Crippen molar-refractivity contribution in [1.82, 2.24) is 0 Å². The van der Waals surface area contributed by atoms with E-state index in [9.17, 15) is 13.2 Å². The minimum atomic E-state index is -4.40. The van der Waals surface area contributed by atoms with Crippen molar-refractivity contribution in [3.05, 3.63) is 65.2 Å². The van der Waals surface area contributed by atoms with Crippen LogP contribution in [0.25, 0.3) is 21.9 Å². The lowest BCUT2D eigenvalue weighted by molar-refractivity contribution is -0.138.